The van der Waals surface area contributed by atoms with Crippen molar-refractivity contribution in [3.05, 3.63) is 46.7 Å². The number of amides is 1. The summed E-state index contributed by atoms with van der Waals surface area (Å²) < 4.78 is 6.23. The van der Waals surface area contributed by atoms with Gasteiger partial charge in [0.15, 0.2) is 5.69 Å². The summed E-state index contributed by atoms with van der Waals surface area (Å²) in [4.78, 5) is 29.7. The van der Waals surface area contributed by atoms with Crippen LogP contribution >= 0.6 is 11.3 Å². The lowest BCUT2D eigenvalue weighted by atomic mass is 10.2. The lowest BCUT2D eigenvalue weighted by molar-refractivity contribution is 0.0721. The predicted octanol–water partition coefficient (Wildman–Crippen LogP) is 3.43. The number of aryl methyl sites for hydroxylation is 1. The van der Waals surface area contributed by atoms with Gasteiger partial charge in [-0.3, -0.25) is 9.78 Å². The lowest BCUT2D eigenvalue weighted by Gasteiger charge is -2.17. The molecule has 3 aromatic heterocycles. The zero-order valence-electron chi connectivity index (χ0n) is 16.2. The van der Waals surface area contributed by atoms with Gasteiger partial charge in [-0.25, -0.2) is 9.97 Å². The summed E-state index contributed by atoms with van der Waals surface area (Å²) in [7, 11) is 1.69. The molecule has 1 amide bonds. The zero-order valence-corrected chi connectivity index (χ0v) is 17.0. The number of aromatic nitrogens is 3. The number of nitrogens with one attached hydrogen (secondary N) is 1. The quantitative estimate of drug-likeness (QED) is 0.710. The number of nitrogens with zero attached hydrogens (tertiary/aromatic N) is 4. The second-order valence-electron chi connectivity index (χ2n) is 6.99. The Bertz CT molecular complexity index is 991. The number of hydrogen-bond donors (Lipinski definition) is 1. The maximum Gasteiger partial charge on any atom is 0.274 e. The molecule has 0 aliphatic carbocycles. The number of hydrogen-bond acceptors (Lipinski definition) is 7. The molecule has 1 N–H and O–H groups in total. The molecule has 146 valence electrons. The van der Waals surface area contributed by atoms with Crippen LogP contribution in [0.5, 0.6) is 0 Å². The Morgan fingerprint density at radius 3 is 2.96 bits per heavy atom. The summed E-state index contributed by atoms with van der Waals surface area (Å²) in [6.45, 7) is 5.29. The highest BCUT2D eigenvalue weighted by Crippen LogP contribution is 2.29. The van der Waals surface area contributed by atoms with Crippen LogP contribution in [0.25, 0.3) is 10.2 Å². The van der Waals surface area contributed by atoms with Crippen molar-refractivity contribution in [2.45, 2.75) is 32.4 Å². The van der Waals surface area contributed by atoms with Crippen molar-refractivity contribution in [2.75, 3.05) is 25.5 Å². The SMILES string of the molecule is CO[C@H]1CCN(C(=O)c2nc(N[C@@H](C)c3ccccn3)nc3cc(C)sc23)C1. The van der Waals surface area contributed by atoms with E-state index in [0.29, 0.717) is 24.7 Å². The van der Waals surface area contributed by atoms with Crippen molar-refractivity contribution in [3.8, 4) is 0 Å². The Kier molecular flexibility index (Phi) is 5.23. The van der Waals surface area contributed by atoms with Crippen LogP contribution in [0.15, 0.2) is 30.5 Å². The van der Waals surface area contributed by atoms with E-state index in [4.69, 9.17) is 4.74 Å². The molecule has 1 fully saturated rings. The van der Waals surface area contributed by atoms with Crippen molar-refractivity contribution >= 4 is 33.4 Å². The molecule has 28 heavy (non-hydrogen) atoms. The first kappa shape index (κ1) is 18.8. The molecular formula is C20H23N5O2S. The van der Waals surface area contributed by atoms with E-state index >= 15 is 0 Å². The molecule has 4 rings (SSSR count). The average molecular weight is 398 g/mol. The minimum atomic E-state index is -0.0778. The summed E-state index contributed by atoms with van der Waals surface area (Å²) in [6.07, 6.45) is 2.70. The van der Waals surface area contributed by atoms with Crippen LogP contribution in [0, 0.1) is 6.92 Å². The molecule has 0 aromatic carbocycles. The molecule has 2 atom stereocenters. The predicted molar refractivity (Wildman–Crippen MR) is 110 cm³/mol. The topological polar surface area (TPSA) is 80.2 Å². The number of anilines is 1. The third-order valence-corrected chi connectivity index (χ3v) is 5.99. The van der Waals surface area contributed by atoms with Gasteiger partial charge in [-0.2, -0.15) is 0 Å². The van der Waals surface area contributed by atoms with Crippen LogP contribution in [-0.2, 0) is 4.74 Å². The fourth-order valence-electron chi connectivity index (χ4n) is 3.41. The molecule has 1 aliphatic rings. The smallest absolute Gasteiger partial charge is 0.274 e. The van der Waals surface area contributed by atoms with Crippen molar-refractivity contribution in [1.82, 2.24) is 19.9 Å². The number of fused-ring (bicyclic) bond motifs is 1. The summed E-state index contributed by atoms with van der Waals surface area (Å²) in [5, 5.41) is 3.29. The van der Waals surface area contributed by atoms with Gasteiger partial charge in [0.25, 0.3) is 5.91 Å². The van der Waals surface area contributed by atoms with Crippen LogP contribution in [0.1, 0.15) is 40.4 Å². The summed E-state index contributed by atoms with van der Waals surface area (Å²) >= 11 is 1.55. The van der Waals surface area contributed by atoms with Gasteiger partial charge < -0.3 is 15.0 Å². The van der Waals surface area contributed by atoms with Gasteiger partial charge in [0, 0.05) is 31.3 Å². The fourth-order valence-corrected chi connectivity index (χ4v) is 4.34. The summed E-state index contributed by atoms with van der Waals surface area (Å²) in [5.41, 5.74) is 2.14. The maximum absolute atomic E-state index is 13.2. The maximum atomic E-state index is 13.2. The van der Waals surface area contributed by atoms with Gasteiger partial charge in [0.1, 0.15) is 0 Å². The van der Waals surface area contributed by atoms with Gasteiger partial charge in [-0.05, 0) is 38.5 Å². The third-order valence-electron chi connectivity index (χ3n) is 4.94. The Hall–Kier alpha value is -2.58. The average Bonchev–Trinajstić information content (AvgIpc) is 3.33. The van der Waals surface area contributed by atoms with Crippen LogP contribution in [-0.4, -0.2) is 52.1 Å². The molecule has 3 aromatic rings. The van der Waals surface area contributed by atoms with Crippen molar-refractivity contribution in [2.24, 2.45) is 0 Å². The van der Waals surface area contributed by atoms with E-state index in [1.54, 1.807) is 24.6 Å². The molecule has 1 saturated heterocycles. The van der Waals surface area contributed by atoms with Gasteiger partial charge in [0.2, 0.25) is 5.95 Å². The molecule has 4 heterocycles. The largest absolute Gasteiger partial charge is 0.380 e. The highest BCUT2D eigenvalue weighted by atomic mass is 32.1. The summed E-state index contributed by atoms with van der Waals surface area (Å²) in [5.74, 6) is 0.372. The Morgan fingerprint density at radius 1 is 1.39 bits per heavy atom. The monoisotopic (exact) mass is 397 g/mol. The standard InChI is InChI=1S/C20H23N5O2S/c1-12-10-16-18(28-12)17(19(26)25-9-7-14(11-25)27-3)24-20(23-16)22-13(2)15-6-4-5-8-21-15/h4-6,8,10,13-14H,7,9,11H2,1-3H3,(H,22,23,24)/t13-,14-/m0/s1. The highest BCUT2D eigenvalue weighted by Gasteiger charge is 2.29. The second kappa shape index (κ2) is 7.81. The van der Waals surface area contributed by atoms with Gasteiger partial charge >= 0.3 is 0 Å². The minimum Gasteiger partial charge on any atom is -0.380 e. The van der Waals surface area contributed by atoms with Crippen LogP contribution in [0.3, 0.4) is 0 Å². The molecule has 0 radical (unpaired) electrons. The van der Waals surface area contributed by atoms with Gasteiger partial charge in [-0.15, -0.1) is 11.3 Å². The van der Waals surface area contributed by atoms with Gasteiger partial charge in [-0.1, -0.05) is 6.07 Å². The van der Waals surface area contributed by atoms with E-state index in [2.05, 4.69) is 20.3 Å². The Balaban J connectivity index is 1.66. The number of carbonyl (C=O) groups is 1. The zero-order chi connectivity index (χ0) is 19.7. The van der Waals surface area contributed by atoms with E-state index in [1.165, 1.54) is 0 Å². The van der Waals surface area contributed by atoms with E-state index in [0.717, 1.165) is 27.2 Å². The Morgan fingerprint density at radius 2 is 2.25 bits per heavy atom. The number of methoxy groups -OCH3 is 1. The van der Waals surface area contributed by atoms with Gasteiger partial charge in [0.05, 0.1) is 28.1 Å². The molecule has 0 bridgehead atoms. The first-order valence-electron chi connectivity index (χ1n) is 9.33. The normalized spacial score (nSPS) is 17.8. The summed E-state index contributed by atoms with van der Waals surface area (Å²) in [6, 6.07) is 7.70. The van der Waals surface area contributed by atoms with Crippen molar-refractivity contribution < 1.29 is 9.53 Å². The van der Waals surface area contributed by atoms with E-state index in [-0.39, 0.29) is 18.1 Å². The molecule has 1 aliphatic heterocycles. The molecule has 0 saturated carbocycles. The molecule has 7 nitrogen and oxygen atoms in total. The second-order valence-corrected chi connectivity index (χ2v) is 8.24. The number of ether oxygens (including phenoxy) is 1. The molecule has 0 spiro atoms. The lowest BCUT2D eigenvalue weighted by Crippen LogP contribution is -2.31. The number of likely N-dealkylation sites (tertiary alicyclic amines) is 1. The number of carbonyl (C=O) groups excluding carboxylic acids is 1. The van der Waals surface area contributed by atoms with Crippen molar-refractivity contribution in [3.63, 3.8) is 0 Å². The fraction of sp³-hybridized carbons (Fsp3) is 0.400. The first-order chi connectivity index (χ1) is 13.5. The van der Waals surface area contributed by atoms with Crippen LogP contribution in [0.4, 0.5) is 5.95 Å². The van der Waals surface area contributed by atoms with E-state index in [1.807, 2.05) is 43.0 Å². The molecule has 0 unspecified atom stereocenters. The number of rotatable bonds is 5. The Labute approximate surface area is 167 Å². The molecular weight excluding hydrogens is 374 g/mol. The van der Waals surface area contributed by atoms with E-state index in [9.17, 15) is 4.79 Å². The van der Waals surface area contributed by atoms with Crippen LogP contribution in [0.2, 0.25) is 0 Å². The third kappa shape index (κ3) is 3.70. The van der Waals surface area contributed by atoms with E-state index < -0.39 is 0 Å². The minimum absolute atomic E-state index is 0.0673. The van der Waals surface area contributed by atoms with Crippen LogP contribution < -0.4 is 5.32 Å². The number of pyridine rings is 1. The first-order valence-corrected chi connectivity index (χ1v) is 10.1. The molecule has 8 heteroatoms. The highest BCUT2D eigenvalue weighted by molar-refractivity contribution is 7.19. The van der Waals surface area contributed by atoms with Crippen molar-refractivity contribution in [1.29, 1.82) is 0 Å². The number of thiophene rings is 1.